The molecule has 0 aliphatic carbocycles. The summed E-state index contributed by atoms with van der Waals surface area (Å²) < 4.78 is 13.3. The molecule has 2 nitrogen and oxygen atoms in total. The molecular weight excluding hydrogens is 249 g/mol. The van der Waals surface area contributed by atoms with Gasteiger partial charge in [-0.05, 0) is 41.4 Å². The lowest BCUT2D eigenvalue weighted by molar-refractivity contribution is 0.0966. The average molecular weight is 260 g/mol. The summed E-state index contributed by atoms with van der Waals surface area (Å²) in [4.78, 5) is 11.6. The third-order valence-electron chi connectivity index (χ3n) is 1.96. The van der Waals surface area contributed by atoms with E-state index < -0.39 is 11.9 Å². The zero-order chi connectivity index (χ0) is 10.9. The lowest BCUT2D eigenvalue weighted by Gasteiger charge is -2.10. The lowest BCUT2D eigenvalue weighted by Crippen LogP contribution is -2.27. The van der Waals surface area contributed by atoms with Crippen molar-refractivity contribution in [1.82, 2.24) is 0 Å². The SMILES string of the molecule is Cc1ccc(F)c(Br)c1C(=O)C(C)N. The molecule has 0 aromatic heterocycles. The Morgan fingerprint density at radius 2 is 2.14 bits per heavy atom. The second-order valence-corrected chi connectivity index (χ2v) is 4.00. The van der Waals surface area contributed by atoms with Gasteiger partial charge >= 0.3 is 0 Å². The monoisotopic (exact) mass is 259 g/mol. The molecule has 0 heterocycles. The van der Waals surface area contributed by atoms with Crippen LogP contribution in [0.2, 0.25) is 0 Å². The lowest BCUT2D eigenvalue weighted by atomic mass is 10.0. The van der Waals surface area contributed by atoms with Crippen LogP contribution >= 0.6 is 15.9 Å². The normalized spacial score (nSPS) is 12.6. The molecule has 0 fully saturated rings. The van der Waals surface area contributed by atoms with E-state index in [0.29, 0.717) is 5.56 Å². The number of rotatable bonds is 2. The Bertz CT molecular complexity index is 377. The molecule has 1 aromatic rings. The highest BCUT2D eigenvalue weighted by Gasteiger charge is 2.18. The van der Waals surface area contributed by atoms with E-state index >= 15 is 0 Å². The summed E-state index contributed by atoms with van der Waals surface area (Å²) in [5.41, 5.74) is 6.52. The number of Topliss-reactive ketones (excluding diaryl/α,β-unsaturated/α-hetero) is 1. The van der Waals surface area contributed by atoms with Gasteiger partial charge in [0.25, 0.3) is 0 Å². The van der Waals surface area contributed by atoms with Crippen molar-refractivity contribution in [2.75, 3.05) is 0 Å². The van der Waals surface area contributed by atoms with Crippen LogP contribution in [0.15, 0.2) is 16.6 Å². The number of nitrogens with two attached hydrogens (primary N) is 1. The Labute approximate surface area is 90.4 Å². The molecule has 0 amide bonds. The van der Waals surface area contributed by atoms with Crippen molar-refractivity contribution < 1.29 is 9.18 Å². The van der Waals surface area contributed by atoms with Crippen LogP contribution in [0.25, 0.3) is 0 Å². The summed E-state index contributed by atoms with van der Waals surface area (Å²) in [5, 5.41) is 0. The quantitative estimate of drug-likeness (QED) is 0.830. The number of hydrogen-bond acceptors (Lipinski definition) is 2. The molecule has 1 atom stereocenters. The fraction of sp³-hybridized carbons (Fsp3) is 0.300. The van der Waals surface area contributed by atoms with Crippen molar-refractivity contribution in [2.45, 2.75) is 19.9 Å². The summed E-state index contributed by atoms with van der Waals surface area (Å²) in [6.07, 6.45) is 0. The van der Waals surface area contributed by atoms with E-state index in [4.69, 9.17) is 5.73 Å². The van der Waals surface area contributed by atoms with Gasteiger partial charge < -0.3 is 5.73 Å². The van der Waals surface area contributed by atoms with Gasteiger partial charge in [0, 0.05) is 5.56 Å². The van der Waals surface area contributed by atoms with E-state index in [0.717, 1.165) is 5.56 Å². The predicted octanol–water partition coefficient (Wildman–Crippen LogP) is 2.43. The average Bonchev–Trinajstić information content (AvgIpc) is 2.12. The third-order valence-corrected chi connectivity index (χ3v) is 2.74. The zero-order valence-electron chi connectivity index (χ0n) is 7.97. The summed E-state index contributed by atoms with van der Waals surface area (Å²) >= 11 is 3.05. The summed E-state index contributed by atoms with van der Waals surface area (Å²) in [7, 11) is 0. The highest BCUT2D eigenvalue weighted by molar-refractivity contribution is 9.10. The second kappa shape index (κ2) is 4.19. The van der Waals surface area contributed by atoms with Gasteiger partial charge in [0.2, 0.25) is 0 Å². The van der Waals surface area contributed by atoms with Gasteiger partial charge in [0.15, 0.2) is 5.78 Å². The molecule has 0 saturated heterocycles. The van der Waals surface area contributed by atoms with Crippen LogP contribution in [0.3, 0.4) is 0 Å². The van der Waals surface area contributed by atoms with E-state index in [2.05, 4.69) is 15.9 Å². The molecule has 4 heteroatoms. The van der Waals surface area contributed by atoms with Gasteiger partial charge in [-0.15, -0.1) is 0 Å². The Hall–Kier alpha value is -0.740. The first kappa shape index (κ1) is 11.3. The minimum absolute atomic E-state index is 0.194. The predicted molar refractivity (Wildman–Crippen MR) is 56.8 cm³/mol. The number of carbonyl (C=O) groups excluding carboxylic acids is 1. The van der Waals surface area contributed by atoms with Gasteiger partial charge in [-0.1, -0.05) is 6.07 Å². The fourth-order valence-corrected chi connectivity index (χ4v) is 1.82. The largest absolute Gasteiger partial charge is 0.321 e. The van der Waals surface area contributed by atoms with E-state index in [1.54, 1.807) is 19.9 Å². The molecule has 0 radical (unpaired) electrons. The maximum absolute atomic E-state index is 13.1. The van der Waals surface area contributed by atoms with Gasteiger partial charge in [-0.2, -0.15) is 0 Å². The first-order chi connectivity index (χ1) is 6.45. The highest BCUT2D eigenvalue weighted by atomic mass is 79.9. The van der Waals surface area contributed by atoms with Gasteiger partial charge in [0.05, 0.1) is 10.5 Å². The Kier molecular flexibility index (Phi) is 3.39. The molecule has 14 heavy (non-hydrogen) atoms. The number of aryl methyl sites for hydroxylation is 1. The number of benzene rings is 1. The van der Waals surface area contributed by atoms with Gasteiger partial charge in [-0.3, -0.25) is 4.79 Å². The maximum Gasteiger partial charge on any atom is 0.180 e. The molecule has 2 N–H and O–H groups in total. The zero-order valence-corrected chi connectivity index (χ0v) is 9.56. The molecule has 0 aliphatic rings. The topological polar surface area (TPSA) is 43.1 Å². The first-order valence-corrected chi connectivity index (χ1v) is 4.99. The Morgan fingerprint density at radius 3 is 2.64 bits per heavy atom. The van der Waals surface area contributed by atoms with Crippen LogP contribution in [0.1, 0.15) is 22.8 Å². The van der Waals surface area contributed by atoms with E-state index in [9.17, 15) is 9.18 Å². The summed E-state index contributed by atoms with van der Waals surface area (Å²) in [5.74, 6) is -0.700. The van der Waals surface area contributed by atoms with Crippen molar-refractivity contribution in [1.29, 1.82) is 0 Å². The van der Waals surface area contributed by atoms with Crippen molar-refractivity contribution >= 4 is 21.7 Å². The van der Waals surface area contributed by atoms with Crippen molar-refractivity contribution in [3.63, 3.8) is 0 Å². The molecule has 76 valence electrons. The van der Waals surface area contributed by atoms with Crippen LogP contribution in [0, 0.1) is 12.7 Å². The molecule has 1 rings (SSSR count). The van der Waals surface area contributed by atoms with Crippen LogP contribution < -0.4 is 5.73 Å². The third kappa shape index (κ3) is 2.01. The molecular formula is C10H11BrFNO. The smallest absolute Gasteiger partial charge is 0.180 e. The van der Waals surface area contributed by atoms with Crippen LogP contribution in [-0.4, -0.2) is 11.8 Å². The van der Waals surface area contributed by atoms with Crippen molar-refractivity contribution in [2.24, 2.45) is 5.73 Å². The standard InChI is InChI=1S/C10H11BrFNO/c1-5-3-4-7(12)9(11)8(5)10(14)6(2)13/h3-4,6H,13H2,1-2H3. The van der Waals surface area contributed by atoms with E-state index in [-0.39, 0.29) is 10.3 Å². The summed E-state index contributed by atoms with van der Waals surface area (Å²) in [6.45, 7) is 3.33. The minimum Gasteiger partial charge on any atom is -0.321 e. The highest BCUT2D eigenvalue weighted by Crippen LogP contribution is 2.24. The number of halogens is 2. The van der Waals surface area contributed by atoms with Crippen LogP contribution in [0.4, 0.5) is 4.39 Å². The van der Waals surface area contributed by atoms with E-state index in [1.807, 2.05) is 0 Å². The summed E-state index contributed by atoms with van der Waals surface area (Å²) in [6, 6.07) is 2.26. The Balaban J connectivity index is 3.33. The molecule has 0 spiro atoms. The van der Waals surface area contributed by atoms with Crippen molar-refractivity contribution in [3.8, 4) is 0 Å². The molecule has 0 saturated carbocycles. The second-order valence-electron chi connectivity index (χ2n) is 3.21. The van der Waals surface area contributed by atoms with Crippen molar-refractivity contribution in [3.05, 3.63) is 33.5 Å². The fourth-order valence-electron chi connectivity index (χ4n) is 1.18. The van der Waals surface area contributed by atoms with Gasteiger partial charge in [0.1, 0.15) is 5.82 Å². The van der Waals surface area contributed by atoms with Crippen LogP contribution in [-0.2, 0) is 0 Å². The first-order valence-electron chi connectivity index (χ1n) is 4.19. The van der Waals surface area contributed by atoms with Crippen LogP contribution in [0.5, 0.6) is 0 Å². The molecule has 1 unspecified atom stereocenters. The number of hydrogen-bond donors (Lipinski definition) is 1. The number of ketones is 1. The number of carbonyl (C=O) groups is 1. The Morgan fingerprint density at radius 1 is 1.57 bits per heavy atom. The molecule has 1 aromatic carbocycles. The maximum atomic E-state index is 13.1. The molecule has 0 bridgehead atoms. The molecule has 0 aliphatic heterocycles. The minimum atomic E-state index is -0.619. The van der Waals surface area contributed by atoms with E-state index in [1.165, 1.54) is 6.07 Å². The van der Waals surface area contributed by atoms with Gasteiger partial charge in [-0.25, -0.2) is 4.39 Å².